The van der Waals surface area contributed by atoms with Gasteiger partial charge in [-0.2, -0.15) is 4.31 Å². The maximum atomic E-state index is 12.8. The van der Waals surface area contributed by atoms with E-state index in [1.54, 1.807) is 16.4 Å². The number of sulfonamides is 1. The lowest BCUT2D eigenvalue weighted by molar-refractivity contribution is 0.269. The van der Waals surface area contributed by atoms with Crippen molar-refractivity contribution in [1.82, 2.24) is 4.31 Å². The number of piperidine rings is 1. The molecule has 0 aromatic heterocycles. The minimum absolute atomic E-state index is 0.368. The van der Waals surface area contributed by atoms with Crippen molar-refractivity contribution in [2.45, 2.75) is 44.6 Å². The van der Waals surface area contributed by atoms with Gasteiger partial charge in [0.15, 0.2) is 0 Å². The first kappa shape index (κ1) is 15.5. The smallest absolute Gasteiger partial charge is 0.243 e. The van der Waals surface area contributed by atoms with Crippen LogP contribution in [0.25, 0.3) is 0 Å². The average Bonchev–Trinajstić information content (AvgIpc) is 2.47. The third-order valence-corrected chi connectivity index (χ3v) is 6.43. The summed E-state index contributed by atoms with van der Waals surface area (Å²) in [6.45, 7) is 5.64. The number of nitrogens with zero attached hydrogens (tertiary/aromatic N) is 1. The summed E-state index contributed by atoms with van der Waals surface area (Å²) in [7, 11) is -3.38. The van der Waals surface area contributed by atoms with E-state index < -0.39 is 10.0 Å². The minimum atomic E-state index is -3.38. The highest BCUT2D eigenvalue weighted by molar-refractivity contribution is 7.89. The van der Waals surface area contributed by atoms with Crippen molar-refractivity contribution in [2.75, 3.05) is 13.1 Å². The number of hydrogen-bond donors (Lipinski definition) is 1. The topological polar surface area (TPSA) is 63.4 Å². The zero-order chi connectivity index (χ0) is 14.8. The van der Waals surface area contributed by atoms with Crippen molar-refractivity contribution in [1.29, 1.82) is 0 Å². The molecule has 1 aliphatic heterocycles. The Hall–Kier alpha value is -0.910. The van der Waals surface area contributed by atoms with Crippen LogP contribution in [0.4, 0.5) is 0 Å². The molecule has 1 aliphatic rings. The van der Waals surface area contributed by atoms with Crippen LogP contribution in [-0.2, 0) is 16.6 Å². The molecule has 1 saturated heterocycles. The number of rotatable bonds is 4. The van der Waals surface area contributed by atoms with E-state index in [9.17, 15) is 8.42 Å². The van der Waals surface area contributed by atoms with Crippen LogP contribution >= 0.6 is 0 Å². The van der Waals surface area contributed by atoms with Gasteiger partial charge in [-0.3, -0.25) is 0 Å². The Bertz CT molecular complexity index is 561. The first-order valence-electron chi connectivity index (χ1n) is 7.29. The van der Waals surface area contributed by atoms with E-state index in [0.29, 0.717) is 30.4 Å². The normalized spacial score (nSPS) is 18.4. The van der Waals surface area contributed by atoms with Crippen LogP contribution in [-0.4, -0.2) is 25.8 Å². The van der Waals surface area contributed by atoms with Crippen molar-refractivity contribution >= 4 is 10.0 Å². The lowest BCUT2D eigenvalue weighted by atomic mass is 9.96. The molecule has 112 valence electrons. The molecule has 0 aliphatic carbocycles. The van der Waals surface area contributed by atoms with Crippen molar-refractivity contribution in [3.63, 3.8) is 0 Å². The Labute approximate surface area is 122 Å². The van der Waals surface area contributed by atoms with E-state index >= 15 is 0 Å². The molecule has 20 heavy (non-hydrogen) atoms. The SMILES string of the molecule is CCC1CCN(S(=O)(=O)c2cccc(CN)c2C)CC1. The van der Waals surface area contributed by atoms with E-state index in [4.69, 9.17) is 5.73 Å². The van der Waals surface area contributed by atoms with Crippen LogP contribution in [0.5, 0.6) is 0 Å². The fourth-order valence-corrected chi connectivity index (χ4v) is 4.60. The fourth-order valence-electron chi connectivity index (χ4n) is 2.86. The zero-order valence-corrected chi connectivity index (χ0v) is 13.1. The van der Waals surface area contributed by atoms with Gasteiger partial charge in [0.25, 0.3) is 0 Å². The summed E-state index contributed by atoms with van der Waals surface area (Å²) in [5.74, 6) is 0.665. The van der Waals surface area contributed by atoms with Gasteiger partial charge in [0.05, 0.1) is 4.90 Å². The van der Waals surface area contributed by atoms with Crippen LogP contribution < -0.4 is 5.73 Å². The number of benzene rings is 1. The Morgan fingerprint density at radius 2 is 1.95 bits per heavy atom. The monoisotopic (exact) mass is 296 g/mol. The summed E-state index contributed by atoms with van der Waals surface area (Å²) in [4.78, 5) is 0.412. The Morgan fingerprint density at radius 1 is 1.30 bits per heavy atom. The largest absolute Gasteiger partial charge is 0.326 e. The van der Waals surface area contributed by atoms with Crippen LogP contribution in [0.1, 0.15) is 37.3 Å². The fraction of sp³-hybridized carbons (Fsp3) is 0.600. The predicted octanol–water partition coefficient (Wildman–Crippen LogP) is 2.26. The molecule has 1 aromatic rings. The zero-order valence-electron chi connectivity index (χ0n) is 12.3. The highest BCUT2D eigenvalue weighted by atomic mass is 32.2. The average molecular weight is 296 g/mol. The minimum Gasteiger partial charge on any atom is -0.326 e. The molecule has 1 aromatic carbocycles. The quantitative estimate of drug-likeness (QED) is 0.927. The summed E-state index contributed by atoms with van der Waals surface area (Å²) < 4.78 is 27.1. The molecular formula is C15H24N2O2S. The molecule has 0 radical (unpaired) electrons. The van der Waals surface area contributed by atoms with E-state index in [2.05, 4.69) is 6.92 Å². The van der Waals surface area contributed by atoms with Gasteiger partial charge in [0.2, 0.25) is 10.0 Å². The summed E-state index contributed by atoms with van der Waals surface area (Å²) in [5, 5.41) is 0. The second-order valence-corrected chi connectivity index (χ2v) is 7.41. The first-order valence-corrected chi connectivity index (χ1v) is 8.73. The molecule has 0 bridgehead atoms. The van der Waals surface area contributed by atoms with Gasteiger partial charge in [-0.15, -0.1) is 0 Å². The summed E-state index contributed by atoms with van der Waals surface area (Å²) in [5.41, 5.74) is 7.35. The molecule has 0 spiro atoms. The van der Waals surface area contributed by atoms with Crippen molar-refractivity contribution in [2.24, 2.45) is 11.7 Å². The Kier molecular flexibility index (Phi) is 4.83. The van der Waals surface area contributed by atoms with Gasteiger partial charge in [-0.25, -0.2) is 8.42 Å². The van der Waals surface area contributed by atoms with Gasteiger partial charge >= 0.3 is 0 Å². The summed E-state index contributed by atoms with van der Waals surface area (Å²) in [6, 6.07) is 5.36. The molecule has 0 amide bonds. The van der Waals surface area contributed by atoms with E-state index in [1.165, 1.54) is 0 Å². The van der Waals surface area contributed by atoms with Crippen molar-refractivity contribution in [3.8, 4) is 0 Å². The maximum Gasteiger partial charge on any atom is 0.243 e. The van der Waals surface area contributed by atoms with Gasteiger partial charge in [0, 0.05) is 19.6 Å². The maximum absolute atomic E-state index is 12.8. The van der Waals surface area contributed by atoms with Crippen molar-refractivity contribution in [3.05, 3.63) is 29.3 Å². The molecule has 4 nitrogen and oxygen atoms in total. The molecule has 5 heteroatoms. The molecule has 1 heterocycles. The van der Waals surface area contributed by atoms with E-state index in [0.717, 1.165) is 30.4 Å². The second-order valence-electron chi connectivity index (χ2n) is 5.50. The van der Waals surface area contributed by atoms with Gasteiger partial charge in [-0.1, -0.05) is 25.5 Å². The molecular weight excluding hydrogens is 272 g/mol. The van der Waals surface area contributed by atoms with Crippen molar-refractivity contribution < 1.29 is 8.42 Å². The lowest BCUT2D eigenvalue weighted by Crippen LogP contribution is -2.38. The molecule has 2 rings (SSSR count). The molecule has 0 saturated carbocycles. The lowest BCUT2D eigenvalue weighted by Gasteiger charge is -2.31. The van der Waals surface area contributed by atoms with Gasteiger partial charge in [0.1, 0.15) is 0 Å². The first-order chi connectivity index (χ1) is 9.50. The standard InChI is InChI=1S/C15H24N2O2S/c1-3-13-7-9-17(10-8-13)20(18,19)15-6-4-5-14(11-16)12(15)2/h4-6,13H,3,7-11,16H2,1-2H3. The molecule has 1 fully saturated rings. The Balaban J connectivity index is 2.27. The van der Waals surface area contributed by atoms with Crippen LogP contribution in [0, 0.1) is 12.8 Å². The molecule has 0 atom stereocenters. The van der Waals surface area contributed by atoms with Crippen LogP contribution in [0.2, 0.25) is 0 Å². The number of nitrogens with two attached hydrogens (primary N) is 1. The van der Waals surface area contributed by atoms with Gasteiger partial charge < -0.3 is 5.73 Å². The highest BCUT2D eigenvalue weighted by Gasteiger charge is 2.30. The highest BCUT2D eigenvalue weighted by Crippen LogP contribution is 2.27. The molecule has 2 N–H and O–H groups in total. The third kappa shape index (κ3) is 2.90. The predicted molar refractivity (Wildman–Crippen MR) is 80.8 cm³/mol. The summed E-state index contributed by atoms with van der Waals surface area (Å²) >= 11 is 0. The Morgan fingerprint density at radius 3 is 2.50 bits per heavy atom. The second kappa shape index (κ2) is 6.24. The summed E-state index contributed by atoms with van der Waals surface area (Å²) in [6.07, 6.45) is 3.06. The van der Waals surface area contributed by atoms with Crippen LogP contribution in [0.3, 0.4) is 0 Å². The van der Waals surface area contributed by atoms with E-state index in [-0.39, 0.29) is 0 Å². The molecule has 0 unspecified atom stereocenters. The van der Waals surface area contributed by atoms with E-state index in [1.807, 2.05) is 13.0 Å². The van der Waals surface area contributed by atoms with Gasteiger partial charge in [-0.05, 0) is 42.9 Å². The number of hydrogen-bond acceptors (Lipinski definition) is 3. The third-order valence-electron chi connectivity index (χ3n) is 4.38. The van der Waals surface area contributed by atoms with Crippen LogP contribution in [0.15, 0.2) is 23.1 Å².